The van der Waals surface area contributed by atoms with Gasteiger partial charge in [0.1, 0.15) is 6.07 Å². The number of pyridine rings is 1. The molecule has 0 amide bonds. The van der Waals surface area contributed by atoms with Crippen molar-refractivity contribution in [3.05, 3.63) is 35.2 Å². The fourth-order valence-corrected chi connectivity index (χ4v) is 1.39. The van der Waals surface area contributed by atoms with Crippen molar-refractivity contribution in [3.63, 3.8) is 0 Å². The van der Waals surface area contributed by atoms with E-state index in [2.05, 4.69) is 9.98 Å². The molecule has 2 heterocycles. The van der Waals surface area contributed by atoms with Gasteiger partial charge in [0, 0.05) is 6.20 Å². The highest BCUT2D eigenvalue weighted by Crippen LogP contribution is 2.15. The van der Waals surface area contributed by atoms with Crippen molar-refractivity contribution in [2.45, 2.75) is 6.92 Å². The van der Waals surface area contributed by atoms with E-state index in [-0.39, 0.29) is 0 Å². The van der Waals surface area contributed by atoms with Crippen molar-refractivity contribution in [1.29, 1.82) is 5.26 Å². The lowest BCUT2D eigenvalue weighted by Crippen LogP contribution is -2.01. The maximum Gasteiger partial charge on any atom is 0.103 e. The molecule has 15 heavy (non-hydrogen) atoms. The maximum atomic E-state index is 8.70. The Morgan fingerprint density at radius 2 is 2.33 bits per heavy atom. The Labute approximate surface area is 87.8 Å². The van der Waals surface area contributed by atoms with E-state index in [1.54, 1.807) is 6.07 Å². The van der Waals surface area contributed by atoms with Gasteiger partial charge in [-0.15, -0.1) is 0 Å². The first kappa shape index (κ1) is 9.41. The summed E-state index contributed by atoms with van der Waals surface area (Å²) in [7, 11) is 0. The molecular formula is C11H10N4. The zero-order chi connectivity index (χ0) is 10.8. The number of rotatable bonds is 1. The van der Waals surface area contributed by atoms with E-state index >= 15 is 0 Å². The number of nitrogens with zero attached hydrogens (tertiary/aromatic N) is 3. The second kappa shape index (κ2) is 3.54. The molecule has 0 aromatic carbocycles. The number of nitrogens with two attached hydrogens (primary N) is 1. The van der Waals surface area contributed by atoms with Crippen LogP contribution in [0.3, 0.4) is 0 Å². The Kier molecular flexibility index (Phi) is 2.22. The third-order valence-electron chi connectivity index (χ3n) is 2.20. The smallest absolute Gasteiger partial charge is 0.103 e. The van der Waals surface area contributed by atoms with Crippen LogP contribution >= 0.6 is 0 Å². The second-order valence-corrected chi connectivity index (χ2v) is 3.46. The van der Waals surface area contributed by atoms with Crippen LogP contribution in [0.5, 0.6) is 0 Å². The molecule has 0 unspecified atom stereocenters. The van der Waals surface area contributed by atoms with Gasteiger partial charge < -0.3 is 5.73 Å². The molecule has 2 N–H and O–H groups in total. The summed E-state index contributed by atoms with van der Waals surface area (Å²) >= 11 is 0. The van der Waals surface area contributed by atoms with Crippen molar-refractivity contribution >= 4 is 11.4 Å². The molecule has 0 spiro atoms. The number of anilines is 1. The number of hydrogen-bond donors (Lipinski definition) is 1. The molecule has 0 saturated carbocycles. The first-order valence-electron chi connectivity index (χ1n) is 4.58. The van der Waals surface area contributed by atoms with E-state index in [1.807, 2.05) is 19.1 Å². The van der Waals surface area contributed by atoms with Gasteiger partial charge in [0.15, 0.2) is 0 Å². The lowest BCUT2D eigenvalue weighted by molar-refractivity contribution is 1.17. The predicted octanol–water partition coefficient (Wildman–Crippen LogP) is 1.28. The standard InChI is InChI=1S/C11H10N4/c1-7-2-10(14-5-7)11-3-9(13)8(4-12)6-15-11/h2-3,6H,5H2,1H3,(H2,13,15). The number of hydrogen-bond acceptors (Lipinski definition) is 4. The number of aromatic nitrogens is 1. The largest absolute Gasteiger partial charge is 0.398 e. The quantitative estimate of drug-likeness (QED) is 0.738. The van der Waals surface area contributed by atoms with Crippen LogP contribution in [0.1, 0.15) is 18.2 Å². The summed E-state index contributed by atoms with van der Waals surface area (Å²) in [6.45, 7) is 2.74. The average Bonchev–Trinajstić information content (AvgIpc) is 2.65. The zero-order valence-corrected chi connectivity index (χ0v) is 8.36. The molecule has 2 rings (SSSR count). The molecule has 1 aliphatic heterocycles. The highest BCUT2D eigenvalue weighted by Gasteiger charge is 2.10. The third kappa shape index (κ3) is 1.72. The van der Waals surface area contributed by atoms with Crippen LogP contribution in [0.2, 0.25) is 0 Å². The van der Waals surface area contributed by atoms with Gasteiger partial charge in [0.25, 0.3) is 0 Å². The topological polar surface area (TPSA) is 75.1 Å². The summed E-state index contributed by atoms with van der Waals surface area (Å²) in [6, 6.07) is 3.67. The molecule has 0 saturated heterocycles. The molecule has 0 radical (unpaired) electrons. The van der Waals surface area contributed by atoms with E-state index in [1.165, 1.54) is 11.8 Å². The molecular weight excluding hydrogens is 188 g/mol. The van der Waals surface area contributed by atoms with Crippen molar-refractivity contribution < 1.29 is 0 Å². The minimum atomic E-state index is 0.401. The van der Waals surface area contributed by atoms with Crippen LogP contribution in [0.25, 0.3) is 0 Å². The molecule has 0 aliphatic carbocycles. The number of nitrogen functional groups attached to an aromatic ring is 1. The summed E-state index contributed by atoms with van der Waals surface area (Å²) in [5.74, 6) is 0. The van der Waals surface area contributed by atoms with Crippen molar-refractivity contribution in [1.82, 2.24) is 4.98 Å². The van der Waals surface area contributed by atoms with Gasteiger partial charge >= 0.3 is 0 Å². The van der Waals surface area contributed by atoms with Crippen molar-refractivity contribution in [2.24, 2.45) is 4.99 Å². The van der Waals surface area contributed by atoms with E-state index in [0.717, 1.165) is 18.0 Å². The Bertz CT molecular complexity index is 506. The Morgan fingerprint density at radius 3 is 2.87 bits per heavy atom. The van der Waals surface area contributed by atoms with Crippen LogP contribution in [-0.4, -0.2) is 17.2 Å². The first-order chi connectivity index (χ1) is 7.20. The zero-order valence-electron chi connectivity index (χ0n) is 8.36. The van der Waals surface area contributed by atoms with Crippen molar-refractivity contribution in [2.75, 3.05) is 12.3 Å². The number of nitriles is 1. The van der Waals surface area contributed by atoms with Gasteiger partial charge in [0.2, 0.25) is 0 Å². The molecule has 1 aromatic rings. The van der Waals surface area contributed by atoms with Gasteiger partial charge in [0.05, 0.1) is 29.2 Å². The first-order valence-corrected chi connectivity index (χ1v) is 4.58. The summed E-state index contributed by atoms with van der Waals surface area (Å²) in [5.41, 5.74) is 9.31. The van der Waals surface area contributed by atoms with Gasteiger partial charge in [-0.1, -0.05) is 0 Å². The molecule has 4 nitrogen and oxygen atoms in total. The average molecular weight is 198 g/mol. The van der Waals surface area contributed by atoms with E-state index in [9.17, 15) is 0 Å². The minimum absolute atomic E-state index is 0.401. The SMILES string of the molecule is CC1=CC(c2cc(N)c(C#N)cn2)=NC1. The molecule has 0 fully saturated rings. The fraction of sp³-hybridized carbons (Fsp3) is 0.182. The fourth-order valence-electron chi connectivity index (χ4n) is 1.39. The molecule has 0 atom stereocenters. The van der Waals surface area contributed by atoms with Crippen LogP contribution < -0.4 is 5.73 Å². The molecule has 74 valence electrons. The monoisotopic (exact) mass is 198 g/mol. The normalized spacial score (nSPS) is 14.4. The highest BCUT2D eigenvalue weighted by atomic mass is 14.8. The van der Waals surface area contributed by atoms with E-state index < -0.39 is 0 Å². The number of aliphatic imine (C=N–C) groups is 1. The maximum absolute atomic E-state index is 8.70. The summed E-state index contributed by atoms with van der Waals surface area (Å²) in [5, 5.41) is 8.70. The van der Waals surface area contributed by atoms with E-state index in [0.29, 0.717) is 11.3 Å². The van der Waals surface area contributed by atoms with E-state index in [4.69, 9.17) is 11.0 Å². The van der Waals surface area contributed by atoms with Gasteiger partial charge in [-0.2, -0.15) is 5.26 Å². The summed E-state index contributed by atoms with van der Waals surface area (Å²) < 4.78 is 0. The number of allylic oxidation sites excluding steroid dienone is 1. The van der Waals surface area contributed by atoms with Crippen molar-refractivity contribution in [3.8, 4) is 6.07 Å². The molecule has 1 aliphatic rings. The van der Waals surface area contributed by atoms with Crippen LogP contribution in [-0.2, 0) is 0 Å². The third-order valence-corrected chi connectivity index (χ3v) is 2.20. The molecule has 4 heteroatoms. The minimum Gasteiger partial charge on any atom is -0.398 e. The second-order valence-electron chi connectivity index (χ2n) is 3.46. The van der Waals surface area contributed by atoms with Gasteiger partial charge in [-0.05, 0) is 24.6 Å². The van der Waals surface area contributed by atoms with Gasteiger partial charge in [-0.25, -0.2) is 0 Å². The Morgan fingerprint density at radius 1 is 1.53 bits per heavy atom. The Hall–Kier alpha value is -2.15. The molecule has 0 bridgehead atoms. The lowest BCUT2D eigenvalue weighted by Gasteiger charge is -2.00. The predicted molar refractivity (Wildman–Crippen MR) is 58.5 cm³/mol. The summed E-state index contributed by atoms with van der Waals surface area (Å²) in [4.78, 5) is 8.46. The van der Waals surface area contributed by atoms with Crippen LogP contribution in [0.4, 0.5) is 5.69 Å². The van der Waals surface area contributed by atoms with Gasteiger partial charge in [-0.3, -0.25) is 9.98 Å². The summed E-state index contributed by atoms with van der Waals surface area (Å²) in [6.07, 6.45) is 3.46. The Balaban J connectivity index is 2.40. The van der Waals surface area contributed by atoms with Crippen LogP contribution in [0.15, 0.2) is 28.9 Å². The highest BCUT2D eigenvalue weighted by molar-refractivity contribution is 6.09. The lowest BCUT2D eigenvalue weighted by atomic mass is 10.1. The molecule has 1 aromatic heterocycles. The van der Waals surface area contributed by atoms with Crippen LogP contribution in [0, 0.1) is 11.3 Å².